The lowest BCUT2D eigenvalue weighted by Crippen LogP contribution is -2.36. The number of rotatable bonds is 6. The van der Waals surface area contributed by atoms with E-state index in [4.69, 9.17) is 0 Å². The molecule has 0 spiro atoms. The van der Waals surface area contributed by atoms with Crippen LogP contribution < -0.4 is 5.32 Å². The molecule has 0 radical (unpaired) electrons. The maximum atomic E-state index is 3.61. The SMILES string of the molecule is CCN(C)CC(C)NCc1ccc(C)cc1Br. The van der Waals surface area contributed by atoms with E-state index in [1.807, 2.05) is 0 Å². The molecule has 3 heteroatoms. The summed E-state index contributed by atoms with van der Waals surface area (Å²) in [7, 11) is 2.15. The maximum absolute atomic E-state index is 3.61. The van der Waals surface area contributed by atoms with Crippen LogP contribution in [0.5, 0.6) is 0 Å². The molecule has 0 aliphatic carbocycles. The van der Waals surface area contributed by atoms with Crippen LogP contribution in [0, 0.1) is 6.92 Å². The fraction of sp³-hybridized carbons (Fsp3) is 0.571. The monoisotopic (exact) mass is 298 g/mol. The molecule has 1 aromatic rings. The van der Waals surface area contributed by atoms with E-state index in [-0.39, 0.29) is 0 Å². The van der Waals surface area contributed by atoms with E-state index in [1.165, 1.54) is 15.6 Å². The molecule has 0 aliphatic rings. The molecule has 0 amide bonds. The minimum absolute atomic E-state index is 0.508. The van der Waals surface area contributed by atoms with Gasteiger partial charge in [-0.1, -0.05) is 35.0 Å². The van der Waals surface area contributed by atoms with Gasteiger partial charge in [-0.25, -0.2) is 0 Å². The van der Waals surface area contributed by atoms with Gasteiger partial charge in [0.15, 0.2) is 0 Å². The van der Waals surface area contributed by atoms with Crippen molar-refractivity contribution in [2.45, 2.75) is 33.4 Å². The molecule has 2 nitrogen and oxygen atoms in total. The molecule has 0 saturated carbocycles. The normalized spacial score (nSPS) is 13.1. The Morgan fingerprint density at radius 1 is 1.41 bits per heavy atom. The number of aryl methyl sites for hydroxylation is 1. The summed E-state index contributed by atoms with van der Waals surface area (Å²) in [6.45, 7) is 9.62. The fourth-order valence-corrected chi connectivity index (χ4v) is 2.37. The molecule has 17 heavy (non-hydrogen) atoms. The quantitative estimate of drug-likeness (QED) is 0.868. The Balaban J connectivity index is 2.44. The average molecular weight is 299 g/mol. The van der Waals surface area contributed by atoms with Crippen LogP contribution >= 0.6 is 15.9 Å². The molecule has 1 rings (SSSR count). The molecule has 0 saturated heterocycles. The zero-order valence-electron chi connectivity index (χ0n) is 11.3. The average Bonchev–Trinajstić information content (AvgIpc) is 2.27. The number of benzene rings is 1. The van der Waals surface area contributed by atoms with Gasteiger partial charge in [-0.05, 0) is 44.6 Å². The van der Waals surface area contributed by atoms with Gasteiger partial charge in [-0.15, -0.1) is 0 Å². The van der Waals surface area contributed by atoms with Gasteiger partial charge >= 0.3 is 0 Å². The predicted octanol–water partition coefficient (Wildman–Crippen LogP) is 3.19. The number of halogens is 1. The van der Waals surface area contributed by atoms with Crippen molar-refractivity contribution < 1.29 is 0 Å². The summed E-state index contributed by atoms with van der Waals surface area (Å²) >= 11 is 3.61. The van der Waals surface area contributed by atoms with E-state index >= 15 is 0 Å². The van der Waals surface area contributed by atoms with E-state index in [0.29, 0.717) is 6.04 Å². The summed E-state index contributed by atoms with van der Waals surface area (Å²) in [5, 5.41) is 3.55. The van der Waals surface area contributed by atoms with Crippen LogP contribution in [-0.2, 0) is 6.54 Å². The number of hydrogen-bond donors (Lipinski definition) is 1. The highest BCUT2D eigenvalue weighted by Gasteiger charge is 2.06. The van der Waals surface area contributed by atoms with Crippen molar-refractivity contribution in [1.82, 2.24) is 10.2 Å². The zero-order valence-corrected chi connectivity index (χ0v) is 12.8. The lowest BCUT2D eigenvalue weighted by atomic mass is 10.1. The third kappa shape index (κ3) is 5.19. The molecule has 0 heterocycles. The summed E-state index contributed by atoms with van der Waals surface area (Å²) in [5.74, 6) is 0. The summed E-state index contributed by atoms with van der Waals surface area (Å²) in [6, 6.07) is 7.01. The first kappa shape index (κ1) is 14.7. The van der Waals surface area contributed by atoms with Crippen LogP contribution in [0.1, 0.15) is 25.0 Å². The second-order valence-corrected chi connectivity index (χ2v) is 5.59. The topological polar surface area (TPSA) is 15.3 Å². The van der Waals surface area contributed by atoms with Gasteiger partial charge in [-0.2, -0.15) is 0 Å². The molecular formula is C14H23BrN2. The molecule has 0 aliphatic heterocycles. The van der Waals surface area contributed by atoms with Crippen LogP contribution in [0.25, 0.3) is 0 Å². The van der Waals surface area contributed by atoms with Gasteiger partial charge in [0, 0.05) is 23.6 Å². The summed E-state index contributed by atoms with van der Waals surface area (Å²) < 4.78 is 1.20. The molecule has 1 aromatic carbocycles. The first-order valence-electron chi connectivity index (χ1n) is 6.20. The van der Waals surface area contributed by atoms with E-state index in [1.54, 1.807) is 0 Å². The predicted molar refractivity (Wildman–Crippen MR) is 78.4 cm³/mol. The smallest absolute Gasteiger partial charge is 0.0222 e. The van der Waals surface area contributed by atoms with Crippen molar-refractivity contribution in [1.29, 1.82) is 0 Å². The van der Waals surface area contributed by atoms with Gasteiger partial charge in [0.1, 0.15) is 0 Å². The standard InChI is InChI=1S/C14H23BrN2/c1-5-17(4)10-12(3)16-9-13-7-6-11(2)8-14(13)15/h6-8,12,16H,5,9-10H2,1-4H3. The molecule has 96 valence electrons. The zero-order chi connectivity index (χ0) is 12.8. The van der Waals surface area contributed by atoms with Crippen LogP contribution in [0.4, 0.5) is 0 Å². The second kappa shape index (κ2) is 7.14. The third-order valence-corrected chi connectivity index (χ3v) is 3.71. The van der Waals surface area contributed by atoms with Gasteiger partial charge in [0.05, 0.1) is 0 Å². The van der Waals surface area contributed by atoms with Crippen molar-refractivity contribution in [3.8, 4) is 0 Å². The van der Waals surface area contributed by atoms with Crippen molar-refractivity contribution >= 4 is 15.9 Å². The van der Waals surface area contributed by atoms with Crippen LogP contribution in [0.15, 0.2) is 22.7 Å². The molecule has 0 fully saturated rings. The van der Waals surface area contributed by atoms with Gasteiger partial charge < -0.3 is 10.2 Å². The van der Waals surface area contributed by atoms with Crippen LogP contribution in [-0.4, -0.2) is 31.1 Å². The van der Waals surface area contributed by atoms with Gasteiger partial charge in [0.2, 0.25) is 0 Å². The van der Waals surface area contributed by atoms with Crippen LogP contribution in [0.3, 0.4) is 0 Å². The molecule has 0 bridgehead atoms. The number of nitrogens with one attached hydrogen (secondary N) is 1. The lowest BCUT2D eigenvalue weighted by molar-refractivity contribution is 0.309. The second-order valence-electron chi connectivity index (χ2n) is 4.73. The first-order valence-corrected chi connectivity index (χ1v) is 6.99. The maximum Gasteiger partial charge on any atom is 0.0222 e. The fourth-order valence-electron chi connectivity index (χ4n) is 1.74. The molecule has 1 N–H and O–H groups in total. The summed E-state index contributed by atoms with van der Waals surface area (Å²) in [6.07, 6.45) is 0. The Bertz CT molecular complexity index is 352. The number of likely N-dealkylation sites (N-methyl/N-ethyl adjacent to an activating group) is 1. The van der Waals surface area contributed by atoms with Gasteiger partial charge in [0.25, 0.3) is 0 Å². The summed E-state index contributed by atoms with van der Waals surface area (Å²) in [5.41, 5.74) is 2.61. The van der Waals surface area contributed by atoms with E-state index in [2.05, 4.69) is 72.2 Å². The third-order valence-electron chi connectivity index (χ3n) is 2.97. The molecule has 1 atom stereocenters. The first-order chi connectivity index (χ1) is 8.02. The van der Waals surface area contributed by atoms with Crippen LogP contribution in [0.2, 0.25) is 0 Å². The Hall–Kier alpha value is -0.380. The van der Waals surface area contributed by atoms with E-state index in [0.717, 1.165) is 19.6 Å². The lowest BCUT2D eigenvalue weighted by Gasteiger charge is -2.21. The van der Waals surface area contributed by atoms with Crippen molar-refractivity contribution in [2.24, 2.45) is 0 Å². The van der Waals surface area contributed by atoms with Gasteiger partial charge in [-0.3, -0.25) is 0 Å². The molecule has 0 aromatic heterocycles. The molecule has 1 unspecified atom stereocenters. The highest BCUT2D eigenvalue weighted by atomic mass is 79.9. The Morgan fingerprint density at radius 3 is 2.71 bits per heavy atom. The number of nitrogens with zero attached hydrogens (tertiary/aromatic N) is 1. The van der Waals surface area contributed by atoms with E-state index < -0.39 is 0 Å². The Labute approximate surface area is 114 Å². The minimum Gasteiger partial charge on any atom is -0.309 e. The number of hydrogen-bond acceptors (Lipinski definition) is 2. The highest BCUT2D eigenvalue weighted by Crippen LogP contribution is 2.18. The Morgan fingerprint density at radius 2 is 2.12 bits per heavy atom. The highest BCUT2D eigenvalue weighted by molar-refractivity contribution is 9.10. The largest absolute Gasteiger partial charge is 0.309 e. The minimum atomic E-state index is 0.508. The molecular weight excluding hydrogens is 276 g/mol. The Kier molecular flexibility index (Phi) is 6.17. The van der Waals surface area contributed by atoms with Crippen molar-refractivity contribution in [3.05, 3.63) is 33.8 Å². The van der Waals surface area contributed by atoms with Crippen molar-refractivity contribution in [2.75, 3.05) is 20.1 Å². The van der Waals surface area contributed by atoms with E-state index in [9.17, 15) is 0 Å². The summed E-state index contributed by atoms with van der Waals surface area (Å²) in [4.78, 5) is 2.32. The van der Waals surface area contributed by atoms with Crippen molar-refractivity contribution in [3.63, 3.8) is 0 Å².